The Labute approximate surface area is 71.4 Å². The molecular weight excluding hydrogens is 185 g/mol. The summed E-state index contributed by atoms with van der Waals surface area (Å²) in [5.74, 6) is -0.386. The first-order valence-corrected chi connectivity index (χ1v) is 4.21. The molecule has 1 aromatic heterocycles. The molecule has 0 radical (unpaired) electrons. The molecule has 0 unspecified atom stereocenters. The summed E-state index contributed by atoms with van der Waals surface area (Å²) < 4.78 is 13.6. The van der Waals surface area contributed by atoms with Crippen LogP contribution >= 0.6 is 22.9 Å². The summed E-state index contributed by atoms with van der Waals surface area (Å²) in [6.45, 7) is 0. The lowest BCUT2D eigenvalue weighted by Gasteiger charge is -1.91. The molecule has 0 bridgehead atoms. The van der Waals surface area contributed by atoms with E-state index in [-0.39, 0.29) is 10.8 Å². The van der Waals surface area contributed by atoms with Crippen molar-refractivity contribution in [3.63, 3.8) is 0 Å². The second-order valence-corrected chi connectivity index (χ2v) is 3.38. The summed E-state index contributed by atoms with van der Waals surface area (Å²) in [6, 6.07) is 2.93. The standard InChI is InChI=1S/C7H3ClFNS/c8-4-1-6-7(2-5(4)9)11-3-10-6/h1-3H. The van der Waals surface area contributed by atoms with Gasteiger partial charge in [0.2, 0.25) is 0 Å². The van der Waals surface area contributed by atoms with Crippen molar-refractivity contribution in [1.82, 2.24) is 4.98 Å². The Hall–Kier alpha value is -0.670. The predicted octanol–water partition coefficient (Wildman–Crippen LogP) is 3.09. The van der Waals surface area contributed by atoms with Gasteiger partial charge in [0.15, 0.2) is 0 Å². The molecule has 11 heavy (non-hydrogen) atoms. The van der Waals surface area contributed by atoms with Crippen LogP contribution in [0.15, 0.2) is 17.6 Å². The fourth-order valence-electron chi connectivity index (χ4n) is 0.853. The van der Waals surface area contributed by atoms with Crippen LogP contribution in [0.25, 0.3) is 10.2 Å². The van der Waals surface area contributed by atoms with Crippen LogP contribution < -0.4 is 0 Å². The maximum absolute atomic E-state index is 12.8. The van der Waals surface area contributed by atoms with Crippen LogP contribution in [-0.2, 0) is 0 Å². The van der Waals surface area contributed by atoms with Crippen molar-refractivity contribution in [2.75, 3.05) is 0 Å². The van der Waals surface area contributed by atoms with Crippen molar-refractivity contribution in [2.24, 2.45) is 0 Å². The minimum Gasteiger partial charge on any atom is -0.245 e. The molecule has 0 spiro atoms. The van der Waals surface area contributed by atoms with Crippen LogP contribution in [0.5, 0.6) is 0 Å². The number of halogens is 2. The normalized spacial score (nSPS) is 10.7. The zero-order valence-corrected chi connectivity index (χ0v) is 6.92. The van der Waals surface area contributed by atoms with Gasteiger partial charge < -0.3 is 0 Å². The number of nitrogens with zero attached hydrogens (tertiary/aromatic N) is 1. The van der Waals surface area contributed by atoms with E-state index < -0.39 is 0 Å². The van der Waals surface area contributed by atoms with E-state index in [0.29, 0.717) is 0 Å². The van der Waals surface area contributed by atoms with Gasteiger partial charge in [0.25, 0.3) is 0 Å². The monoisotopic (exact) mass is 187 g/mol. The lowest BCUT2D eigenvalue weighted by molar-refractivity contribution is 0.630. The zero-order chi connectivity index (χ0) is 7.84. The quantitative estimate of drug-likeness (QED) is 0.618. The van der Waals surface area contributed by atoms with Gasteiger partial charge in [-0.3, -0.25) is 0 Å². The van der Waals surface area contributed by atoms with Crippen molar-refractivity contribution >= 4 is 33.2 Å². The third-order valence-electron chi connectivity index (χ3n) is 1.37. The first-order chi connectivity index (χ1) is 5.27. The molecule has 2 rings (SSSR count). The fraction of sp³-hybridized carbons (Fsp3) is 0. The van der Waals surface area contributed by atoms with Gasteiger partial charge in [-0.2, -0.15) is 0 Å². The third-order valence-corrected chi connectivity index (χ3v) is 2.45. The topological polar surface area (TPSA) is 12.9 Å². The van der Waals surface area contributed by atoms with Crippen molar-refractivity contribution in [1.29, 1.82) is 0 Å². The summed E-state index contributed by atoms with van der Waals surface area (Å²) in [4.78, 5) is 3.99. The largest absolute Gasteiger partial charge is 0.245 e. The van der Waals surface area contributed by atoms with E-state index in [1.54, 1.807) is 5.51 Å². The smallest absolute Gasteiger partial charge is 0.143 e. The molecule has 1 heterocycles. The molecule has 2 aromatic rings. The highest BCUT2D eigenvalue weighted by molar-refractivity contribution is 7.16. The summed E-state index contributed by atoms with van der Waals surface area (Å²) in [6.07, 6.45) is 0. The lowest BCUT2D eigenvalue weighted by Crippen LogP contribution is -1.75. The third kappa shape index (κ3) is 1.10. The van der Waals surface area contributed by atoms with Crippen LogP contribution in [0.2, 0.25) is 5.02 Å². The van der Waals surface area contributed by atoms with Gasteiger partial charge in [-0.1, -0.05) is 11.6 Å². The minimum absolute atomic E-state index is 0.128. The molecule has 56 valence electrons. The van der Waals surface area contributed by atoms with E-state index >= 15 is 0 Å². The number of aromatic nitrogens is 1. The molecule has 0 fully saturated rings. The number of rotatable bonds is 0. The van der Waals surface area contributed by atoms with E-state index in [0.717, 1.165) is 10.2 Å². The summed E-state index contributed by atoms with van der Waals surface area (Å²) >= 11 is 6.93. The van der Waals surface area contributed by atoms with Crippen LogP contribution in [0.1, 0.15) is 0 Å². The van der Waals surface area contributed by atoms with Gasteiger partial charge in [-0.05, 0) is 12.1 Å². The second kappa shape index (κ2) is 2.43. The SMILES string of the molecule is Fc1cc2scnc2cc1Cl. The molecule has 0 aliphatic carbocycles. The van der Waals surface area contributed by atoms with E-state index in [4.69, 9.17) is 11.6 Å². The molecule has 0 aliphatic heterocycles. The Kier molecular flexibility index (Phi) is 1.55. The van der Waals surface area contributed by atoms with Crippen molar-refractivity contribution in [3.8, 4) is 0 Å². The molecular formula is C7H3ClFNS. The molecule has 1 nitrogen and oxygen atoms in total. The van der Waals surface area contributed by atoms with Crippen LogP contribution in [-0.4, -0.2) is 4.98 Å². The van der Waals surface area contributed by atoms with Crippen LogP contribution in [0.4, 0.5) is 4.39 Å². The van der Waals surface area contributed by atoms with E-state index in [9.17, 15) is 4.39 Å². The fourth-order valence-corrected chi connectivity index (χ4v) is 1.69. The number of hydrogen-bond acceptors (Lipinski definition) is 2. The maximum atomic E-state index is 12.8. The zero-order valence-electron chi connectivity index (χ0n) is 5.34. The molecule has 4 heteroatoms. The highest BCUT2D eigenvalue weighted by Crippen LogP contribution is 2.24. The van der Waals surface area contributed by atoms with Crippen molar-refractivity contribution in [3.05, 3.63) is 28.5 Å². The van der Waals surface area contributed by atoms with Crippen molar-refractivity contribution in [2.45, 2.75) is 0 Å². The molecule has 0 aliphatic rings. The Balaban J connectivity index is 2.86. The molecule has 1 aromatic carbocycles. The highest BCUT2D eigenvalue weighted by atomic mass is 35.5. The number of benzene rings is 1. The van der Waals surface area contributed by atoms with E-state index in [1.807, 2.05) is 0 Å². The molecule has 0 N–H and O–H groups in total. The average Bonchev–Trinajstić information content (AvgIpc) is 2.36. The first kappa shape index (κ1) is 7.00. The van der Waals surface area contributed by atoms with Crippen LogP contribution in [0, 0.1) is 5.82 Å². The van der Waals surface area contributed by atoms with Gasteiger partial charge >= 0.3 is 0 Å². The number of hydrogen-bond donors (Lipinski definition) is 0. The van der Waals surface area contributed by atoms with Gasteiger partial charge in [-0.15, -0.1) is 11.3 Å². The van der Waals surface area contributed by atoms with Crippen LogP contribution in [0.3, 0.4) is 0 Å². The van der Waals surface area contributed by atoms with E-state index in [1.165, 1.54) is 23.5 Å². The predicted molar refractivity (Wildman–Crippen MR) is 44.6 cm³/mol. The van der Waals surface area contributed by atoms with Gasteiger partial charge in [0.05, 0.1) is 20.7 Å². The Morgan fingerprint density at radius 2 is 2.27 bits per heavy atom. The molecule has 0 saturated heterocycles. The van der Waals surface area contributed by atoms with E-state index in [2.05, 4.69) is 4.98 Å². The van der Waals surface area contributed by atoms with Gasteiger partial charge in [-0.25, -0.2) is 9.37 Å². The summed E-state index contributed by atoms with van der Waals surface area (Å²) in [5, 5.41) is 0.128. The lowest BCUT2D eigenvalue weighted by atomic mass is 10.3. The molecule has 0 atom stereocenters. The Morgan fingerprint density at radius 3 is 3.09 bits per heavy atom. The van der Waals surface area contributed by atoms with Gasteiger partial charge in [0, 0.05) is 0 Å². The minimum atomic E-state index is -0.386. The van der Waals surface area contributed by atoms with Crippen molar-refractivity contribution < 1.29 is 4.39 Å². The summed E-state index contributed by atoms with van der Waals surface area (Å²) in [5.41, 5.74) is 2.42. The Morgan fingerprint density at radius 1 is 1.45 bits per heavy atom. The molecule has 0 saturated carbocycles. The number of thiazole rings is 1. The summed E-state index contributed by atoms with van der Waals surface area (Å²) in [7, 11) is 0. The molecule has 0 amide bonds. The Bertz CT molecular complexity index is 362. The average molecular weight is 188 g/mol. The number of fused-ring (bicyclic) bond motifs is 1. The first-order valence-electron chi connectivity index (χ1n) is 2.95. The van der Waals surface area contributed by atoms with Gasteiger partial charge in [0.1, 0.15) is 5.82 Å². The highest BCUT2D eigenvalue weighted by Gasteiger charge is 2.02. The maximum Gasteiger partial charge on any atom is 0.143 e. The second-order valence-electron chi connectivity index (χ2n) is 2.09.